The second kappa shape index (κ2) is 6.30. The Hall–Kier alpha value is -2.83. The highest BCUT2D eigenvalue weighted by Crippen LogP contribution is 2.13. The summed E-state index contributed by atoms with van der Waals surface area (Å²) in [7, 11) is 1.19. The van der Waals surface area contributed by atoms with Crippen molar-refractivity contribution in [2.24, 2.45) is 0 Å². The SMILES string of the molecule is COC(=O)C(C)(CC=O)NC(=O)c1cnc2ccccc2n1. The third-order valence-corrected chi connectivity index (χ3v) is 3.20. The number of hydrogen-bond acceptors (Lipinski definition) is 6. The summed E-state index contributed by atoms with van der Waals surface area (Å²) < 4.78 is 4.63. The van der Waals surface area contributed by atoms with Crippen molar-refractivity contribution in [3.8, 4) is 0 Å². The molecule has 0 aliphatic heterocycles. The van der Waals surface area contributed by atoms with E-state index in [0.717, 1.165) is 0 Å². The van der Waals surface area contributed by atoms with Crippen LogP contribution in [0, 0.1) is 0 Å². The molecule has 114 valence electrons. The van der Waals surface area contributed by atoms with E-state index in [-0.39, 0.29) is 12.1 Å². The largest absolute Gasteiger partial charge is 0.467 e. The number of ether oxygens (including phenoxy) is 1. The van der Waals surface area contributed by atoms with Crippen molar-refractivity contribution in [1.29, 1.82) is 0 Å². The van der Waals surface area contributed by atoms with Gasteiger partial charge in [-0.3, -0.25) is 9.78 Å². The number of nitrogens with one attached hydrogen (secondary N) is 1. The smallest absolute Gasteiger partial charge is 0.331 e. The van der Waals surface area contributed by atoms with Crippen molar-refractivity contribution in [1.82, 2.24) is 15.3 Å². The topological polar surface area (TPSA) is 98.2 Å². The molecule has 0 aliphatic carbocycles. The number of carbonyl (C=O) groups excluding carboxylic acids is 3. The lowest BCUT2D eigenvalue weighted by Gasteiger charge is -2.25. The Morgan fingerprint density at radius 3 is 2.64 bits per heavy atom. The molecule has 22 heavy (non-hydrogen) atoms. The number of amides is 1. The van der Waals surface area contributed by atoms with Crippen molar-refractivity contribution < 1.29 is 19.1 Å². The number of rotatable bonds is 5. The van der Waals surface area contributed by atoms with Gasteiger partial charge >= 0.3 is 5.97 Å². The van der Waals surface area contributed by atoms with Gasteiger partial charge in [-0.05, 0) is 19.1 Å². The standard InChI is InChI=1S/C15H15N3O4/c1-15(7-8-19,14(21)22-2)18-13(20)12-9-16-10-5-3-4-6-11(10)17-12/h3-6,8-9H,7H2,1-2H3,(H,18,20). The van der Waals surface area contributed by atoms with E-state index in [9.17, 15) is 14.4 Å². The molecule has 1 heterocycles. The Bertz CT molecular complexity index is 732. The van der Waals surface area contributed by atoms with Crippen LogP contribution in [-0.2, 0) is 14.3 Å². The van der Waals surface area contributed by atoms with Gasteiger partial charge in [0.05, 0.1) is 24.3 Å². The number of aromatic nitrogens is 2. The fourth-order valence-electron chi connectivity index (χ4n) is 1.96. The predicted molar refractivity (Wildman–Crippen MR) is 78.1 cm³/mol. The number of fused-ring (bicyclic) bond motifs is 1. The summed E-state index contributed by atoms with van der Waals surface area (Å²) in [5.41, 5.74) is -0.173. The van der Waals surface area contributed by atoms with Gasteiger partial charge in [0.15, 0.2) is 0 Å². The summed E-state index contributed by atoms with van der Waals surface area (Å²) in [5, 5.41) is 2.48. The summed E-state index contributed by atoms with van der Waals surface area (Å²) in [5.74, 6) is -1.31. The van der Waals surface area contributed by atoms with E-state index in [2.05, 4.69) is 20.0 Å². The number of para-hydroxylation sites is 2. The molecule has 1 amide bonds. The minimum atomic E-state index is -1.44. The molecule has 0 saturated heterocycles. The Labute approximate surface area is 126 Å². The number of esters is 1. The number of hydrogen-bond donors (Lipinski definition) is 1. The lowest BCUT2D eigenvalue weighted by Crippen LogP contribution is -2.53. The average Bonchev–Trinajstić information content (AvgIpc) is 2.53. The van der Waals surface area contributed by atoms with Crippen molar-refractivity contribution in [2.75, 3.05) is 7.11 Å². The van der Waals surface area contributed by atoms with E-state index >= 15 is 0 Å². The molecular weight excluding hydrogens is 286 g/mol. The van der Waals surface area contributed by atoms with Gasteiger partial charge in [-0.1, -0.05) is 12.1 Å². The minimum Gasteiger partial charge on any atom is -0.467 e. The summed E-state index contributed by atoms with van der Waals surface area (Å²) in [6.07, 6.45) is 1.66. The van der Waals surface area contributed by atoms with Gasteiger partial charge in [0.25, 0.3) is 5.91 Å². The maximum Gasteiger partial charge on any atom is 0.331 e. The van der Waals surface area contributed by atoms with Gasteiger partial charge < -0.3 is 14.8 Å². The number of methoxy groups -OCH3 is 1. The van der Waals surface area contributed by atoms with Gasteiger partial charge in [0, 0.05) is 6.42 Å². The summed E-state index contributed by atoms with van der Waals surface area (Å²) in [6, 6.07) is 7.10. The van der Waals surface area contributed by atoms with Crippen molar-refractivity contribution >= 4 is 29.2 Å². The Balaban J connectivity index is 2.28. The fraction of sp³-hybridized carbons (Fsp3) is 0.267. The van der Waals surface area contributed by atoms with Crippen LogP contribution in [0.5, 0.6) is 0 Å². The second-order valence-electron chi connectivity index (χ2n) is 4.89. The molecule has 0 aliphatic rings. The van der Waals surface area contributed by atoms with E-state index in [0.29, 0.717) is 17.3 Å². The van der Waals surface area contributed by atoms with E-state index in [1.165, 1.54) is 20.2 Å². The van der Waals surface area contributed by atoms with Crippen LogP contribution in [0.25, 0.3) is 11.0 Å². The lowest BCUT2D eigenvalue weighted by molar-refractivity contribution is -0.148. The van der Waals surface area contributed by atoms with Crippen LogP contribution in [-0.4, -0.2) is 40.8 Å². The van der Waals surface area contributed by atoms with Gasteiger partial charge in [0.2, 0.25) is 0 Å². The highest BCUT2D eigenvalue weighted by molar-refractivity contribution is 5.98. The normalized spacial score (nSPS) is 13.2. The monoisotopic (exact) mass is 301 g/mol. The van der Waals surface area contributed by atoms with Gasteiger partial charge in [-0.25, -0.2) is 9.78 Å². The average molecular weight is 301 g/mol. The lowest BCUT2D eigenvalue weighted by atomic mass is 9.98. The molecule has 1 N–H and O–H groups in total. The van der Waals surface area contributed by atoms with Gasteiger partial charge in [-0.2, -0.15) is 0 Å². The minimum absolute atomic E-state index is 0.0553. The van der Waals surface area contributed by atoms with Crippen LogP contribution in [0.15, 0.2) is 30.5 Å². The first-order valence-corrected chi connectivity index (χ1v) is 6.56. The molecule has 0 radical (unpaired) electrons. The zero-order chi connectivity index (χ0) is 16.2. The predicted octanol–water partition coefficient (Wildman–Crippen LogP) is 0.880. The maximum absolute atomic E-state index is 12.3. The fourth-order valence-corrected chi connectivity index (χ4v) is 1.96. The Morgan fingerprint density at radius 1 is 1.32 bits per heavy atom. The van der Waals surface area contributed by atoms with Crippen LogP contribution in [0.4, 0.5) is 0 Å². The summed E-state index contributed by atoms with van der Waals surface area (Å²) in [4.78, 5) is 43.1. The molecule has 1 aromatic carbocycles. The number of aldehydes is 1. The molecule has 2 aromatic rings. The first-order chi connectivity index (χ1) is 10.5. The molecule has 1 unspecified atom stereocenters. The molecule has 0 saturated carbocycles. The van der Waals surface area contributed by atoms with Gasteiger partial charge in [-0.15, -0.1) is 0 Å². The number of nitrogens with zero attached hydrogens (tertiary/aromatic N) is 2. The van der Waals surface area contributed by atoms with E-state index in [4.69, 9.17) is 0 Å². The van der Waals surface area contributed by atoms with Crippen LogP contribution in [0.2, 0.25) is 0 Å². The highest BCUT2D eigenvalue weighted by atomic mass is 16.5. The molecule has 7 heteroatoms. The first-order valence-electron chi connectivity index (χ1n) is 6.56. The van der Waals surface area contributed by atoms with Crippen LogP contribution < -0.4 is 5.32 Å². The highest BCUT2D eigenvalue weighted by Gasteiger charge is 2.36. The molecule has 7 nitrogen and oxygen atoms in total. The Kier molecular flexibility index (Phi) is 4.45. The van der Waals surface area contributed by atoms with E-state index in [1.54, 1.807) is 18.2 Å². The second-order valence-corrected chi connectivity index (χ2v) is 4.89. The third-order valence-electron chi connectivity index (χ3n) is 3.20. The van der Waals surface area contributed by atoms with Crippen LogP contribution in [0.1, 0.15) is 23.8 Å². The first kappa shape index (κ1) is 15.6. The van der Waals surface area contributed by atoms with Crippen molar-refractivity contribution in [3.63, 3.8) is 0 Å². The Morgan fingerprint density at radius 2 is 2.00 bits per heavy atom. The third kappa shape index (κ3) is 3.08. The molecule has 0 spiro atoms. The van der Waals surface area contributed by atoms with Crippen LogP contribution in [0.3, 0.4) is 0 Å². The molecule has 0 fully saturated rings. The zero-order valence-electron chi connectivity index (χ0n) is 12.2. The number of carbonyl (C=O) groups is 3. The molecule has 1 atom stereocenters. The van der Waals surface area contributed by atoms with Crippen LogP contribution >= 0.6 is 0 Å². The molecule has 2 rings (SSSR count). The van der Waals surface area contributed by atoms with E-state index < -0.39 is 17.4 Å². The summed E-state index contributed by atoms with van der Waals surface area (Å²) in [6.45, 7) is 1.42. The number of benzene rings is 1. The summed E-state index contributed by atoms with van der Waals surface area (Å²) >= 11 is 0. The molecule has 1 aromatic heterocycles. The maximum atomic E-state index is 12.3. The van der Waals surface area contributed by atoms with E-state index in [1.807, 2.05) is 6.07 Å². The van der Waals surface area contributed by atoms with Crippen molar-refractivity contribution in [2.45, 2.75) is 18.9 Å². The molecule has 0 bridgehead atoms. The zero-order valence-corrected chi connectivity index (χ0v) is 12.2. The van der Waals surface area contributed by atoms with Gasteiger partial charge in [0.1, 0.15) is 17.5 Å². The quantitative estimate of drug-likeness (QED) is 0.650. The van der Waals surface area contributed by atoms with Crippen molar-refractivity contribution in [3.05, 3.63) is 36.2 Å². The molecular formula is C15H15N3O4.